The van der Waals surface area contributed by atoms with Crippen LogP contribution in [-0.4, -0.2) is 25.3 Å². The Morgan fingerprint density at radius 1 is 1.62 bits per heavy atom. The van der Waals surface area contributed by atoms with Gasteiger partial charge in [0.2, 0.25) is 0 Å². The van der Waals surface area contributed by atoms with Crippen molar-refractivity contribution in [2.45, 2.75) is 26.9 Å². The van der Waals surface area contributed by atoms with Crippen LogP contribution in [0.4, 0.5) is 0 Å². The summed E-state index contributed by atoms with van der Waals surface area (Å²) in [6, 6.07) is 0. The Hall–Kier alpha value is -0.830. The van der Waals surface area contributed by atoms with Gasteiger partial charge in [0, 0.05) is 0 Å². The van der Waals surface area contributed by atoms with Crippen molar-refractivity contribution in [1.29, 1.82) is 0 Å². The molecule has 0 saturated carbocycles. The van der Waals surface area contributed by atoms with Gasteiger partial charge in [0.25, 0.3) is 0 Å². The number of carbonyl (C=O) groups is 1. The first-order valence-corrected chi connectivity index (χ1v) is 4.64. The first-order valence-electron chi connectivity index (χ1n) is 4.64. The van der Waals surface area contributed by atoms with Crippen LogP contribution < -0.4 is 0 Å². The van der Waals surface area contributed by atoms with Gasteiger partial charge in [-0.05, 0) is 26.3 Å². The van der Waals surface area contributed by atoms with E-state index in [0.29, 0.717) is 13.2 Å². The van der Waals surface area contributed by atoms with E-state index < -0.39 is 0 Å². The molecule has 1 aliphatic carbocycles. The molecule has 1 aliphatic rings. The van der Waals surface area contributed by atoms with Gasteiger partial charge in [-0.2, -0.15) is 0 Å². The molecule has 3 nitrogen and oxygen atoms in total. The van der Waals surface area contributed by atoms with Crippen molar-refractivity contribution >= 4 is 5.97 Å². The highest BCUT2D eigenvalue weighted by molar-refractivity contribution is 5.83. The first kappa shape index (κ1) is 10.3. The summed E-state index contributed by atoms with van der Waals surface area (Å²) in [5.41, 5.74) is 1.05. The number of ether oxygens (including phenoxy) is 2. The predicted molar refractivity (Wildman–Crippen MR) is 49.3 cm³/mol. The van der Waals surface area contributed by atoms with Crippen LogP contribution in [0.25, 0.3) is 0 Å². The molecule has 0 aromatic carbocycles. The van der Waals surface area contributed by atoms with E-state index in [9.17, 15) is 4.79 Å². The average Bonchev–Trinajstić information content (AvgIpc) is 2.80. The summed E-state index contributed by atoms with van der Waals surface area (Å²) < 4.78 is 10.2. The van der Waals surface area contributed by atoms with Crippen LogP contribution in [-0.2, 0) is 14.3 Å². The summed E-state index contributed by atoms with van der Waals surface area (Å²) in [6.07, 6.45) is 2.10. The van der Waals surface area contributed by atoms with E-state index in [2.05, 4.69) is 0 Å². The molecule has 0 saturated heterocycles. The van der Waals surface area contributed by atoms with Crippen molar-refractivity contribution < 1.29 is 14.3 Å². The maximum Gasteiger partial charge on any atom is 0.317 e. The molecule has 1 rings (SSSR count). The second kappa shape index (κ2) is 4.42. The van der Waals surface area contributed by atoms with E-state index >= 15 is 0 Å². The van der Waals surface area contributed by atoms with Gasteiger partial charge in [0.1, 0.15) is 0 Å². The molecule has 3 heteroatoms. The average molecular weight is 184 g/mol. The van der Waals surface area contributed by atoms with Gasteiger partial charge in [-0.15, -0.1) is 0 Å². The second-order valence-corrected chi connectivity index (χ2v) is 3.33. The van der Waals surface area contributed by atoms with Gasteiger partial charge in [-0.3, -0.25) is 4.79 Å². The Kier molecular flexibility index (Phi) is 3.48. The van der Waals surface area contributed by atoms with Crippen molar-refractivity contribution in [3.05, 3.63) is 11.6 Å². The molecule has 74 valence electrons. The molecule has 0 amide bonds. The van der Waals surface area contributed by atoms with Gasteiger partial charge in [-0.25, -0.2) is 0 Å². The van der Waals surface area contributed by atoms with E-state index in [1.165, 1.54) is 0 Å². The lowest BCUT2D eigenvalue weighted by Crippen LogP contribution is -2.11. The third kappa shape index (κ3) is 3.19. The summed E-state index contributed by atoms with van der Waals surface area (Å²) in [7, 11) is 0. The highest BCUT2D eigenvalue weighted by Gasteiger charge is 2.33. The van der Waals surface area contributed by atoms with Gasteiger partial charge in [0.05, 0.1) is 25.2 Å². The van der Waals surface area contributed by atoms with Crippen LogP contribution in [0.5, 0.6) is 0 Å². The minimum Gasteiger partial charge on any atom is -0.465 e. The monoisotopic (exact) mass is 184 g/mol. The Balaban J connectivity index is 2.14. The Morgan fingerprint density at radius 3 is 2.85 bits per heavy atom. The van der Waals surface area contributed by atoms with Gasteiger partial charge < -0.3 is 9.47 Å². The highest BCUT2D eigenvalue weighted by Crippen LogP contribution is 2.30. The Morgan fingerprint density at radius 2 is 2.31 bits per heavy atom. The predicted octanol–water partition coefficient (Wildman–Crippen LogP) is 1.53. The largest absolute Gasteiger partial charge is 0.465 e. The third-order valence-electron chi connectivity index (χ3n) is 1.79. The lowest BCUT2D eigenvalue weighted by Gasteiger charge is -2.05. The molecule has 1 atom stereocenters. The number of hydrogen-bond donors (Lipinski definition) is 0. The van der Waals surface area contributed by atoms with Crippen molar-refractivity contribution in [2.75, 3.05) is 13.2 Å². The minimum absolute atomic E-state index is 0.0984. The summed E-state index contributed by atoms with van der Waals surface area (Å²) >= 11 is 0. The van der Waals surface area contributed by atoms with Crippen molar-refractivity contribution in [3.8, 4) is 0 Å². The van der Waals surface area contributed by atoms with Crippen LogP contribution in [0.3, 0.4) is 0 Å². The zero-order chi connectivity index (χ0) is 9.84. The van der Waals surface area contributed by atoms with Gasteiger partial charge in [0.15, 0.2) is 0 Å². The number of hydrogen-bond acceptors (Lipinski definition) is 3. The fourth-order valence-corrected chi connectivity index (χ4v) is 1.02. The van der Waals surface area contributed by atoms with E-state index in [0.717, 1.165) is 5.57 Å². The summed E-state index contributed by atoms with van der Waals surface area (Å²) in [6.45, 7) is 6.76. The molecule has 0 aromatic heterocycles. The van der Waals surface area contributed by atoms with Crippen LogP contribution in [0.1, 0.15) is 20.8 Å². The fraction of sp³-hybridized carbons (Fsp3) is 0.700. The van der Waals surface area contributed by atoms with E-state index in [1.54, 1.807) is 0 Å². The van der Waals surface area contributed by atoms with Crippen LogP contribution in [0, 0.1) is 5.92 Å². The number of rotatable bonds is 5. The number of esters is 1. The lowest BCUT2D eigenvalue weighted by molar-refractivity contribution is -0.144. The zero-order valence-corrected chi connectivity index (χ0v) is 8.37. The molecule has 0 unspecified atom stereocenters. The Labute approximate surface area is 78.7 Å². The zero-order valence-electron chi connectivity index (χ0n) is 8.37. The normalized spacial score (nSPS) is 20.0. The summed E-state index contributed by atoms with van der Waals surface area (Å²) in [5, 5.41) is 0. The molecule has 13 heavy (non-hydrogen) atoms. The maximum absolute atomic E-state index is 11.1. The standard InChI is InChI=1S/C10H16O3/c1-4-12-10(11)9-5-8(9)6-13-7(2)3/h5,7,9H,4,6H2,1-3H3/t9-/m1/s1. The van der Waals surface area contributed by atoms with E-state index in [1.807, 2.05) is 26.8 Å². The van der Waals surface area contributed by atoms with Crippen LogP contribution in [0.2, 0.25) is 0 Å². The smallest absolute Gasteiger partial charge is 0.317 e. The van der Waals surface area contributed by atoms with E-state index in [-0.39, 0.29) is 18.0 Å². The summed E-state index contributed by atoms with van der Waals surface area (Å²) in [4.78, 5) is 11.1. The molecule has 0 fully saturated rings. The SMILES string of the molecule is CCOC(=O)[C@@H]1C=C1COC(C)C. The maximum atomic E-state index is 11.1. The molecular formula is C10H16O3. The molecule has 0 bridgehead atoms. The molecule has 0 radical (unpaired) electrons. The minimum atomic E-state index is -0.148. The molecule has 0 aromatic rings. The summed E-state index contributed by atoms with van der Waals surface area (Å²) in [5.74, 6) is -0.247. The van der Waals surface area contributed by atoms with E-state index in [4.69, 9.17) is 9.47 Å². The first-order chi connectivity index (χ1) is 6.15. The highest BCUT2D eigenvalue weighted by atomic mass is 16.5. The van der Waals surface area contributed by atoms with Gasteiger partial charge in [-0.1, -0.05) is 6.08 Å². The topological polar surface area (TPSA) is 35.5 Å². The van der Waals surface area contributed by atoms with Crippen molar-refractivity contribution in [1.82, 2.24) is 0 Å². The molecule has 0 spiro atoms. The second-order valence-electron chi connectivity index (χ2n) is 3.33. The molecule has 0 aliphatic heterocycles. The van der Waals surface area contributed by atoms with Crippen molar-refractivity contribution in [3.63, 3.8) is 0 Å². The lowest BCUT2D eigenvalue weighted by atomic mass is 10.3. The van der Waals surface area contributed by atoms with Crippen LogP contribution >= 0.6 is 0 Å². The molecular weight excluding hydrogens is 168 g/mol. The van der Waals surface area contributed by atoms with Crippen molar-refractivity contribution in [2.24, 2.45) is 5.92 Å². The number of carbonyl (C=O) groups excluding carboxylic acids is 1. The fourth-order valence-electron chi connectivity index (χ4n) is 1.02. The quantitative estimate of drug-likeness (QED) is 0.480. The van der Waals surface area contributed by atoms with Crippen LogP contribution in [0.15, 0.2) is 11.6 Å². The van der Waals surface area contributed by atoms with Gasteiger partial charge >= 0.3 is 5.97 Å². The Bertz CT molecular complexity index is 218. The molecule has 0 heterocycles. The molecule has 0 N–H and O–H groups in total. The third-order valence-corrected chi connectivity index (χ3v) is 1.79.